The maximum atomic E-state index is 13.6. The van der Waals surface area contributed by atoms with Crippen molar-refractivity contribution in [2.75, 3.05) is 20.8 Å². The number of ether oxygens (including phenoxy) is 3. The van der Waals surface area contributed by atoms with E-state index in [1.54, 1.807) is 19.1 Å². The molecular weight excluding hydrogens is 567 g/mol. The Morgan fingerprint density at radius 1 is 0.976 bits per heavy atom. The molecule has 216 valence electrons. The molecular formula is C33H33N3O4S2. The molecule has 0 radical (unpaired) electrons. The average molecular weight is 600 g/mol. The van der Waals surface area contributed by atoms with Crippen LogP contribution in [0.3, 0.4) is 0 Å². The smallest absolute Gasteiger partial charge is 0.266 e. The van der Waals surface area contributed by atoms with E-state index in [9.17, 15) is 4.79 Å². The Labute approximate surface area is 256 Å². The highest BCUT2D eigenvalue weighted by Crippen LogP contribution is 2.36. The number of thiocarbonyl (C=S) groups is 1. The van der Waals surface area contributed by atoms with E-state index >= 15 is 0 Å². The molecule has 1 amide bonds. The van der Waals surface area contributed by atoms with Crippen molar-refractivity contribution in [1.82, 2.24) is 14.7 Å². The van der Waals surface area contributed by atoms with Crippen molar-refractivity contribution >= 4 is 40.3 Å². The van der Waals surface area contributed by atoms with Gasteiger partial charge in [0.1, 0.15) is 15.8 Å². The third kappa shape index (κ3) is 6.37. The molecule has 0 saturated carbocycles. The first kappa shape index (κ1) is 29.4. The molecule has 4 aromatic rings. The number of aromatic nitrogens is 2. The topological polar surface area (TPSA) is 65.8 Å². The molecule has 0 bridgehead atoms. The fourth-order valence-electron chi connectivity index (χ4n) is 4.72. The second-order valence-electron chi connectivity index (χ2n) is 10.1. The van der Waals surface area contributed by atoms with Gasteiger partial charge >= 0.3 is 0 Å². The molecule has 3 aromatic carbocycles. The predicted octanol–water partition coefficient (Wildman–Crippen LogP) is 7.10. The molecule has 0 aliphatic carbocycles. The van der Waals surface area contributed by atoms with Gasteiger partial charge < -0.3 is 14.2 Å². The number of hydrogen-bond acceptors (Lipinski definition) is 7. The van der Waals surface area contributed by atoms with Crippen LogP contribution in [0.2, 0.25) is 0 Å². The zero-order valence-corrected chi connectivity index (χ0v) is 25.9. The summed E-state index contributed by atoms with van der Waals surface area (Å²) in [7, 11) is 3.22. The number of methoxy groups -OCH3 is 2. The number of benzene rings is 3. The predicted molar refractivity (Wildman–Crippen MR) is 173 cm³/mol. The van der Waals surface area contributed by atoms with Crippen LogP contribution in [0, 0.1) is 6.92 Å². The van der Waals surface area contributed by atoms with Gasteiger partial charge in [-0.3, -0.25) is 9.69 Å². The summed E-state index contributed by atoms with van der Waals surface area (Å²) >= 11 is 6.95. The molecule has 42 heavy (non-hydrogen) atoms. The largest absolute Gasteiger partial charge is 0.493 e. The van der Waals surface area contributed by atoms with E-state index in [1.807, 2.05) is 98.4 Å². The van der Waals surface area contributed by atoms with E-state index < -0.39 is 0 Å². The SMILES string of the molecule is COc1ccc(CCN2C(=O)/C(=C/c3cn(-c4ccccc4)nc3-c3ccc(OC(C)C)c(C)c3)SC2=S)cc1OC. The lowest BCUT2D eigenvalue weighted by molar-refractivity contribution is -0.122. The molecule has 0 unspecified atom stereocenters. The Balaban J connectivity index is 1.44. The molecule has 0 atom stereocenters. The van der Waals surface area contributed by atoms with Crippen molar-refractivity contribution in [2.24, 2.45) is 0 Å². The summed E-state index contributed by atoms with van der Waals surface area (Å²) in [6.45, 7) is 6.51. The van der Waals surface area contributed by atoms with Crippen LogP contribution < -0.4 is 14.2 Å². The van der Waals surface area contributed by atoms with E-state index in [0.717, 1.165) is 39.4 Å². The summed E-state index contributed by atoms with van der Waals surface area (Å²) in [4.78, 5) is 15.8. The Morgan fingerprint density at radius 2 is 1.71 bits per heavy atom. The van der Waals surface area contributed by atoms with E-state index in [2.05, 4.69) is 6.07 Å². The highest BCUT2D eigenvalue weighted by Gasteiger charge is 2.32. The van der Waals surface area contributed by atoms with Crippen molar-refractivity contribution in [3.63, 3.8) is 0 Å². The number of para-hydroxylation sites is 1. The summed E-state index contributed by atoms with van der Waals surface area (Å²) < 4.78 is 19.1. The molecule has 1 aromatic heterocycles. The van der Waals surface area contributed by atoms with E-state index in [-0.39, 0.29) is 12.0 Å². The Morgan fingerprint density at radius 3 is 2.40 bits per heavy atom. The van der Waals surface area contributed by atoms with E-state index in [0.29, 0.717) is 33.7 Å². The van der Waals surface area contributed by atoms with Crippen molar-refractivity contribution in [2.45, 2.75) is 33.3 Å². The monoisotopic (exact) mass is 599 g/mol. The van der Waals surface area contributed by atoms with Crippen molar-refractivity contribution in [1.29, 1.82) is 0 Å². The number of thioether (sulfide) groups is 1. The van der Waals surface area contributed by atoms with Crippen LogP contribution in [0.1, 0.15) is 30.5 Å². The fraction of sp³-hybridized carbons (Fsp3) is 0.242. The molecule has 1 saturated heterocycles. The van der Waals surface area contributed by atoms with Gasteiger partial charge in [0, 0.05) is 23.9 Å². The normalized spacial score (nSPS) is 14.2. The van der Waals surface area contributed by atoms with E-state index in [4.69, 9.17) is 31.5 Å². The number of carbonyl (C=O) groups is 1. The highest BCUT2D eigenvalue weighted by atomic mass is 32.2. The zero-order valence-electron chi connectivity index (χ0n) is 24.3. The number of carbonyl (C=O) groups excluding carboxylic acids is 1. The first-order chi connectivity index (χ1) is 20.3. The standard InChI is InChI=1S/C33H33N3O4S2/c1-21(2)40-27-14-12-24(17-22(27)3)31-25(20-36(34-31)26-9-7-6-8-10-26)19-30-32(37)35(33(41)42-30)16-15-23-11-13-28(38-4)29(18-23)39-5/h6-14,17-21H,15-16H2,1-5H3/b30-19-. The van der Waals surface area contributed by atoms with Gasteiger partial charge in [-0.05, 0) is 86.9 Å². The number of hydrogen-bond donors (Lipinski definition) is 0. The van der Waals surface area contributed by atoms with Crippen LogP contribution in [0.15, 0.2) is 77.8 Å². The van der Waals surface area contributed by atoms with Gasteiger partial charge in [0.05, 0.1) is 30.9 Å². The van der Waals surface area contributed by atoms with Crippen LogP contribution in [0.4, 0.5) is 0 Å². The third-order valence-electron chi connectivity index (χ3n) is 6.81. The quantitative estimate of drug-likeness (QED) is 0.142. The van der Waals surface area contributed by atoms with Gasteiger partial charge in [-0.1, -0.05) is 48.2 Å². The van der Waals surface area contributed by atoms with Crippen LogP contribution >= 0.6 is 24.0 Å². The lowest BCUT2D eigenvalue weighted by Crippen LogP contribution is -2.30. The van der Waals surface area contributed by atoms with Crippen LogP contribution in [0.25, 0.3) is 23.0 Å². The Kier molecular flexibility index (Phi) is 8.99. The minimum atomic E-state index is -0.110. The van der Waals surface area contributed by atoms with Gasteiger partial charge in [-0.2, -0.15) is 5.10 Å². The first-order valence-corrected chi connectivity index (χ1v) is 14.9. The maximum Gasteiger partial charge on any atom is 0.266 e. The highest BCUT2D eigenvalue weighted by molar-refractivity contribution is 8.26. The second-order valence-corrected chi connectivity index (χ2v) is 11.8. The van der Waals surface area contributed by atoms with Gasteiger partial charge in [0.2, 0.25) is 0 Å². The molecule has 7 nitrogen and oxygen atoms in total. The second kappa shape index (κ2) is 12.8. The fourth-order valence-corrected chi connectivity index (χ4v) is 6.02. The van der Waals surface area contributed by atoms with Gasteiger partial charge in [0.15, 0.2) is 11.5 Å². The summed E-state index contributed by atoms with van der Waals surface area (Å²) in [5.74, 6) is 2.05. The molecule has 5 rings (SSSR count). The van der Waals surface area contributed by atoms with Crippen molar-refractivity contribution < 1.29 is 19.0 Å². The Bertz CT molecular complexity index is 1650. The lowest BCUT2D eigenvalue weighted by atomic mass is 10.0. The molecule has 2 heterocycles. The van der Waals surface area contributed by atoms with Crippen LogP contribution in [-0.2, 0) is 11.2 Å². The molecule has 9 heteroatoms. The number of nitrogens with zero attached hydrogens (tertiary/aromatic N) is 3. The lowest BCUT2D eigenvalue weighted by Gasteiger charge is -2.15. The summed E-state index contributed by atoms with van der Waals surface area (Å²) in [5, 5.41) is 4.94. The molecule has 0 spiro atoms. The minimum absolute atomic E-state index is 0.0797. The Hall–Kier alpha value is -4.08. The summed E-state index contributed by atoms with van der Waals surface area (Å²) in [6.07, 6.45) is 4.55. The summed E-state index contributed by atoms with van der Waals surface area (Å²) in [6, 6.07) is 21.7. The number of aryl methyl sites for hydroxylation is 1. The number of amides is 1. The third-order valence-corrected chi connectivity index (χ3v) is 8.18. The van der Waals surface area contributed by atoms with Crippen LogP contribution in [-0.4, -0.2) is 51.8 Å². The first-order valence-electron chi connectivity index (χ1n) is 13.7. The van der Waals surface area contributed by atoms with Crippen LogP contribution in [0.5, 0.6) is 17.2 Å². The molecule has 1 fully saturated rings. The van der Waals surface area contributed by atoms with Gasteiger partial charge in [0.25, 0.3) is 5.91 Å². The average Bonchev–Trinajstić information content (AvgIpc) is 3.53. The van der Waals surface area contributed by atoms with Crippen molar-refractivity contribution in [3.8, 4) is 34.2 Å². The molecule has 1 aliphatic rings. The van der Waals surface area contributed by atoms with Gasteiger partial charge in [-0.15, -0.1) is 0 Å². The summed E-state index contributed by atoms with van der Waals surface area (Å²) in [5.41, 5.74) is 5.51. The number of rotatable bonds is 10. The zero-order chi connectivity index (χ0) is 29.8. The van der Waals surface area contributed by atoms with Crippen molar-refractivity contribution in [3.05, 3.63) is 94.5 Å². The van der Waals surface area contributed by atoms with Gasteiger partial charge in [-0.25, -0.2) is 4.68 Å². The molecule has 1 aliphatic heterocycles. The maximum absolute atomic E-state index is 13.6. The minimum Gasteiger partial charge on any atom is -0.493 e. The molecule has 0 N–H and O–H groups in total. The van der Waals surface area contributed by atoms with E-state index in [1.165, 1.54) is 11.8 Å².